The van der Waals surface area contributed by atoms with Crippen molar-refractivity contribution in [2.75, 3.05) is 14.2 Å². The van der Waals surface area contributed by atoms with Gasteiger partial charge in [0.1, 0.15) is 22.8 Å². The van der Waals surface area contributed by atoms with Crippen LogP contribution < -0.4 is 9.47 Å². The van der Waals surface area contributed by atoms with E-state index in [0.717, 1.165) is 68.7 Å². The van der Waals surface area contributed by atoms with Crippen LogP contribution in [0.2, 0.25) is 5.02 Å². The minimum absolute atomic E-state index is 0.655. The molecule has 1 N–H and O–H groups in total. The summed E-state index contributed by atoms with van der Waals surface area (Å²) >= 11 is 7.72. The molecule has 8 nitrogen and oxygen atoms in total. The number of H-pyrrole nitrogens is 1. The number of hydrogen-bond donors (Lipinski definition) is 1. The van der Waals surface area contributed by atoms with Crippen molar-refractivity contribution in [1.82, 2.24) is 29.8 Å². The number of aryl methyl sites for hydroxylation is 3. The predicted octanol–water partition coefficient (Wildman–Crippen LogP) is 6.99. The molecule has 4 heterocycles. The van der Waals surface area contributed by atoms with Crippen LogP contribution >= 0.6 is 22.9 Å². The van der Waals surface area contributed by atoms with Crippen LogP contribution in [0.25, 0.3) is 26.8 Å². The number of halogens is 1. The molecule has 10 heteroatoms. The molecule has 2 aromatic carbocycles. The number of benzene rings is 2. The molecule has 0 aliphatic heterocycles. The van der Waals surface area contributed by atoms with Crippen molar-refractivity contribution in [3.8, 4) is 32.8 Å². The van der Waals surface area contributed by atoms with Crippen LogP contribution in [0.5, 0.6) is 11.5 Å². The Morgan fingerprint density at radius 2 is 1.83 bits per heavy atom. The number of nitrogens with one attached hydrogen (secondary N) is 1. The fourth-order valence-corrected chi connectivity index (χ4v) is 6.30. The van der Waals surface area contributed by atoms with Crippen LogP contribution in [0.3, 0.4) is 0 Å². The van der Waals surface area contributed by atoms with Crippen LogP contribution in [0.1, 0.15) is 34.5 Å². The molecule has 0 saturated heterocycles. The summed E-state index contributed by atoms with van der Waals surface area (Å²) in [6.45, 7) is 2.03. The highest BCUT2D eigenvalue weighted by molar-refractivity contribution is 7.18. The van der Waals surface area contributed by atoms with Crippen molar-refractivity contribution in [3.05, 3.63) is 100 Å². The first-order valence-corrected chi connectivity index (χ1v) is 14.5. The predicted molar refractivity (Wildman–Crippen MR) is 162 cm³/mol. The largest absolute Gasteiger partial charge is 0.497 e. The molecule has 0 fully saturated rings. The van der Waals surface area contributed by atoms with Gasteiger partial charge >= 0.3 is 0 Å². The normalized spacial score (nSPS) is 11.3. The molecule has 0 aliphatic carbocycles. The summed E-state index contributed by atoms with van der Waals surface area (Å²) in [4.78, 5) is 10.5. The van der Waals surface area contributed by atoms with Gasteiger partial charge in [0.05, 0.1) is 41.6 Å². The zero-order chi connectivity index (χ0) is 28.3. The Morgan fingerprint density at radius 1 is 0.976 bits per heavy atom. The number of thiazole rings is 1. The summed E-state index contributed by atoms with van der Waals surface area (Å²) in [5.41, 5.74) is 7.49. The van der Waals surface area contributed by atoms with Gasteiger partial charge in [0.15, 0.2) is 5.82 Å². The number of fused-ring (bicyclic) bond motifs is 1. The van der Waals surface area contributed by atoms with Crippen molar-refractivity contribution >= 4 is 28.5 Å². The van der Waals surface area contributed by atoms with Crippen LogP contribution in [-0.4, -0.2) is 44.0 Å². The van der Waals surface area contributed by atoms with Gasteiger partial charge in [-0.3, -0.25) is 5.10 Å². The molecule has 41 heavy (non-hydrogen) atoms. The molecule has 0 saturated carbocycles. The smallest absolute Gasteiger partial charge is 0.167 e. The van der Waals surface area contributed by atoms with E-state index in [2.05, 4.69) is 33.4 Å². The van der Waals surface area contributed by atoms with E-state index in [1.54, 1.807) is 25.6 Å². The third kappa shape index (κ3) is 5.68. The third-order valence-electron chi connectivity index (χ3n) is 7.11. The second kappa shape index (κ2) is 11.7. The van der Waals surface area contributed by atoms with Gasteiger partial charge in [-0.1, -0.05) is 29.8 Å². The molecular weight excluding hydrogens is 556 g/mol. The van der Waals surface area contributed by atoms with Crippen molar-refractivity contribution < 1.29 is 9.47 Å². The van der Waals surface area contributed by atoms with Crippen molar-refractivity contribution in [2.45, 2.75) is 32.6 Å². The second-order valence-corrected chi connectivity index (χ2v) is 11.2. The van der Waals surface area contributed by atoms with E-state index in [0.29, 0.717) is 17.3 Å². The average Bonchev–Trinajstić information content (AvgIpc) is 3.73. The van der Waals surface area contributed by atoms with Gasteiger partial charge in [-0.05, 0) is 73.2 Å². The van der Waals surface area contributed by atoms with E-state index in [-0.39, 0.29) is 0 Å². The molecular formula is C31H29ClN6O2S. The highest BCUT2D eigenvalue weighted by atomic mass is 35.5. The zero-order valence-corrected chi connectivity index (χ0v) is 24.6. The number of aromatic amines is 1. The lowest BCUT2D eigenvalue weighted by Crippen LogP contribution is -1.96. The van der Waals surface area contributed by atoms with Crippen LogP contribution in [0.4, 0.5) is 0 Å². The molecule has 0 aliphatic rings. The Hall–Kier alpha value is -4.21. The molecule has 0 amide bonds. The summed E-state index contributed by atoms with van der Waals surface area (Å²) in [7, 11) is 3.36. The highest BCUT2D eigenvalue weighted by Crippen LogP contribution is 2.38. The van der Waals surface area contributed by atoms with Crippen molar-refractivity contribution in [2.24, 2.45) is 0 Å². The first-order valence-electron chi connectivity index (χ1n) is 13.3. The fourth-order valence-electron chi connectivity index (χ4n) is 5.04. The average molecular weight is 585 g/mol. The monoisotopic (exact) mass is 584 g/mol. The van der Waals surface area contributed by atoms with Crippen LogP contribution in [0.15, 0.2) is 67.1 Å². The van der Waals surface area contributed by atoms with E-state index in [1.807, 2.05) is 54.0 Å². The molecule has 208 valence electrons. The number of pyridine rings is 1. The number of methoxy groups -OCH3 is 2. The first kappa shape index (κ1) is 27.0. The lowest BCUT2D eigenvalue weighted by molar-refractivity contribution is 0.390. The summed E-state index contributed by atoms with van der Waals surface area (Å²) in [6, 6.07) is 18.2. The molecule has 6 rings (SSSR count). The lowest BCUT2D eigenvalue weighted by atomic mass is 10.0. The number of rotatable bonds is 10. The summed E-state index contributed by atoms with van der Waals surface area (Å²) in [6.07, 6.45) is 7.04. The number of aromatic nitrogens is 6. The summed E-state index contributed by atoms with van der Waals surface area (Å²) in [5.74, 6) is 2.36. The third-order valence-corrected chi connectivity index (χ3v) is 8.48. The number of hydrogen-bond acceptors (Lipinski definition) is 7. The number of nitrogens with zero attached hydrogens (tertiary/aromatic N) is 5. The molecule has 0 radical (unpaired) electrons. The standard InChI is InChI=1S/C31H29ClN6O2S/c1-19-28(31-35-25(15-21-7-10-23(32)11-8-21)29(41-31)30-33-18-34-36-30)26-16-20(13-14-38(26)37-19)5-4-6-22-9-12-24(39-2)17-27(22)40-3/h7-14,16-18H,4-6,15H2,1-3H3,(H,33,34,36). The van der Waals surface area contributed by atoms with Gasteiger partial charge in [-0.15, -0.1) is 11.3 Å². The van der Waals surface area contributed by atoms with Gasteiger partial charge in [0.2, 0.25) is 0 Å². The van der Waals surface area contributed by atoms with Gasteiger partial charge < -0.3 is 9.47 Å². The van der Waals surface area contributed by atoms with Gasteiger partial charge in [0.25, 0.3) is 0 Å². The molecule has 0 unspecified atom stereocenters. The Bertz CT molecular complexity index is 1790. The van der Waals surface area contributed by atoms with Gasteiger partial charge in [-0.25, -0.2) is 14.5 Å². The van der Waals surface area contributed by atoms with Gasteiger partial charge in [0, 0.05) is 23.7 Å². The maximum Gasteiger partial charge on any atom is 0.167 e. The van der Waals surface area contributed by atoms with Crippen LogP contribution in [-0.2, 0) is 19.3 Å². The minimum atomic E-state index is 0.655. The van der Waals surface area contributed by atoms with E-state index in [1.165, 1.54) is 17.5 Å². The van der Waals surface area contributed by atoms with Crippen molar-refractivity contribution in [1.29, 1.82) is 0 Å². The SMILES string of the molecule is COc1ccc(CCCc2ccn3nc(C)c(-c4nc(Cc5ccc(Cl)cc5)c(-c5ncn[nH]5)s4)c3c2)c(OC)c1. The minimum Gasteiger partial charge on any atom is -0.497 e. The molecule has 0 spiro atoms. The van der Waals surface area contributed by atoms with E-state index >= 15 is 0 Å². The Labute approximate surface area is 247 Å². The van der Waals surface area contributed by atoms with Crippen LogP contribution in [0, 0.1) is 6.92 Å². The maximum absolute atomic E-state index is 6.12. The Kier molecular flexibility index (Phi) is 7.71. The number of ether oxygens (including phenoxy) is 2. The molecule has 0 bridgehead atoms. The summed E-state index contributed by atoms with van der Waals surface area (Å²) < 4.78 is 12.9. The van der Waals surface area contributed by atoms with Gasteiger partial charge in [-0.2, -0.15) is 10.2 Å². The van der Waals surface area contributed by atoms with Crippen molar-refractivity contribution in [3.63, 3.8) is 0 Å². The quantitative estimate of drug-likeness (QED) is 0.187. The van der Waals surface area contributed by atoms with E-state index in [4.69, 9.17) is 31.2 Å². The Balaban J connectivity index is 1.29. The topological polar surface area (TPSA) is 90.2 Å². The van der Waals surface area contributed by atoms with E-state index < -0.39 is 0 Å². The Morgan fingerprint density at radius 3 is 2.59 bits per heavy atom. The highest BCUT2D eigenvalue weighted by Gasteiger charge is 2.21. The molecule has 0 atom stereocenters. The van der Waals surface area contributed by atoms with E-state index in [9.17, 15) is 0 Å². The maximum atomic E-state index is 6.12. The summed E-state index contributed by atoms with van der Waals surface area (Å²) in [5, 5.41) is 13.5. The second-order valence-electron chi connectivity index (χ2n) is 9.79. The first-order chi connectivity index (χ1) is 20.0. The zero-order valence-electron chi connectivity index (χ0n) is 23.0. The molecule has 4 aromatic heterocycles. The molecule has 6 aromatic rings. The lowest BCUT2D eigenvalue weighted by Gasteiger charge is -2.10. The fraction of sp³-hybridized carbons (Fsp3) is 0.226.